The quantitative estimate of drug-likeness (QED) is 0.606. The Hall–Kier alpha value is -2.89. The summed E-state index contributed by atoms with van der Waals surface area (Å²) in [7, 11) is 1.70. The Labute approximate surface area is 152 Å². The normalized spacial score (nSPS) is 19.4. The number of rotatable bonds is 4. The van der Waals surface area contributed by atoms with Crippen molar-refractivity contribution in [3.8, 4) is 5.75 Å². The predicted octanol–water partition coefficient (Wildman–Crippen LogP) is 4.31. The molecule has 3 unspecified atom stereocenters. The van der Waals surface area contributed by atoms with E-state index in [-0.39, 0.29) is 29.7 Å². The van der Waals surface area contributed by atoms with Gasteiger partial charge in [-0.1, -0.05) is 31.2 Å². The van der Waals surface area contributed by atoms with Crippen molar-refractivity contribution in [2.24, 2.45) is 0 Å². The Bertz CT molecular complexity index is 865. The summed E-state index contributed by atoms with van der Waals surface area (Å²) in [4.78, 5) is 25.2. The lowest BCUT2D eigenvalue weighted by Crippen LogP contribution is -2.30. The van der Waals surface area contributed by atoms with Gasteiger partial charge in [0, 0.05) is 30.7 Å². The van der Waals surface area contributed by atoms with Gasteiger partial charge in [0.1, 0.15) is 11.9 Å². The number of carbonyl (C=O) groups excluding carboxylic acids is 1. The number of hydrogen-bond donors (Lipinski definition) is 0. The third-order valence-corrected chi connectivity index (χ3v) is 5.24. The van der Waals surface area contributed by atoms with Crippen LogP contribution in [0.25, 0.3) is 0 Å². The molecule has 0 N–H and O–H groups in total. The second-order valence-electron chi connectivity index (χ2n) is 6.78. The maximum atomic E-state index is 13.1. The summed E-state index contributed by atoms with van der Waals surface area (Å²) in [6.45, 7) is 5.93. The van der Waals surface area contributed by atoms with Crippen molar-refractivity contribution in [3.05, 3.63) is 69.3 Å². The lowest BCUT2D eigenvalue weighted by molar-refractivity contribution is -0.384. The van der Waals surface area contributed by atoms with E-state index >= 15 is 0 Å². The van der Waals surface area contributed by atoms with E-state index in [0.29, 0.717) is 16.9 Å². The fourth-order valence-electron chi connectivity index (χ4n) is 3.24. The highest BCUT2D eigenvalue weighted by atomic mass is 16.6. The maximum absolute atomic E-state index is 13.1. The second kappa shape index (κ2) is 6.78. The predicted molar refractivity (Wildman–Crippen MR) is 98.6 cm³/mol. The zero-order chi connectivity index (χ0) is 19.0. The molecule has 1 aliphatic heterocycles. The summed E-state index contributed by atoms with van der Waals surface area (Å²) in [5, 5.41) is 11.0. The van der Waals surface area contributed by atoms with Crippen LogP contribution in [0.2, 0.25) is 0 Å². The van der Waals surface area contributed by atoms with Crippen LogP contribution in [-0.4, -0.2) is 28.9 Å². The molecular formula is C20H22N2O4. The molecule has 0 saturated carbocycles. The molecule has 2 aromatic rings. The van der Waals surface area contributed by atoms with Crippen molar-refractivity contribution < 1.29 is 14.5 Å². The van der Waals surface area contributed by atoms with Gasteiger partial charge in [-0.05, 0) is 25.5 Å². The average molecular weight is 354 g/mol. The van der Waals surface area contributed by atoms with Crippen molar-refractivity contribution in [1.82, 2.24) is 4.90 Å². The molecule has 1 heterocycles. The Balaban J connectivity index is 1.89. The molecule has 0 spiro atoms. The smallest absolute Gasteiger partial charge is 0.269 e. The van der Waals surface area contributed by atoms with Crippen LogP contribution in [0.15, 0.2) is 42.5 Å². The van der Waals surface area contributed by atoms with Gasteiger partial charge in [0.25, 0.3) is 11.6 Å². The van der Waals surface area contributed by atoms with Gasteiger partial charge in [-0.3, -0.25) is 14.9 Å². The number of benzene rings is 2. The van der Waals surface area contributed by atoms with E-state index in [1.807, 2.05) is 26.0 Å². The number of ether oxygens (including phenoxy) is 1. The van der Waals surface area contributed by atoms with Gasteiger partial charge in [-0.15, -0.1) is 0 Å². The molecule has 0 aliphatic carbocycles. The summed E-state index contributed by atoms with van der Waals surface area (Å²) in [5.41, 5.74) is 2.30. The van der Waals surface area contributed by atoms with Gasteiger partial charge >= 0.3 is 0 Å². The van der Waals surface area contributed by atoms with E-state index in [1.165, 1.54) is 12.1 Å². The summed E-state index contributed by atoms with van der Waals surface area (Å²) < 4.78 is 5.92. The minimum absolute atomic E-state index is 0.0155. The number of nitro groups is 1. The number of carbonyl (C=O) groups is 1. The fraction of sp³-hybridized carbons (Fsp3) is 0.350. The molecule has 1 amide bonds. The van der Waals surface area contributed by atoms with Gasteiger partial charge in [0.05, 0.1) is 16.5 Å². The minimum Gasteiger partial charge on any atom is -0.489 e. The SMILES string of the molecule is CC1Oc2c(C(=O)N(C)C(C)c3cccc([N+](=O)[O-])c3)cccc2C1C. The number of hydrogen-bond acceptors (Lipinski definition) is 4. The van der Waals surface area contributed by atoms with Crippen molar-refractivity contribution in [2.45, 2.75) is 38.8 Å². The standard InChI is InChI=1S/C20H22N2O4/c1-12-14(3)26-19-17(12)9-6-10-18(19)20(23)21(4)13(2)15-7-5-8-16(11-15)22(24)25/h5-14H,1-4H3. The molecule has 0 radical (unpaired) electrons. The molecule has 2 aromatic carbocycles. The van der Waals surface area contributed by atoms with Gasteiger partial charge < -0.3 is 9.64 Å². The average Bonchev–Trinajstić information content (AvgIpc) is 2.94. The van der Waals surface area contributed by atoms with Gasteiger partial charge in [-0.2, -0.15) is 0 Å². The van der Waals surface area contributed by atoms with Crippen molar-refractivity contribution in [3.63, 3.8) is 0 Å². The Kier molecular flexibility index (Phi) is 4.68. The first-order chi connectivity index (χ1) is 12.3. The van der Waals surface area contributed by atoms with Gasteiger partial charge in [0.2, 0.25) is 0 Å². The fourth-order valence-corrected chi connectivity index (χ4v) is 3.24. The van der Waals surface area contributed by atoms with Crippen LogP contribution in [0, 0.1) is 10.1 Å². The lowest BCUT2D eigenvalue weighted by Gasteiger charge is -2.26. The van der Waals surface area contributed by atoms with E-state index < -0.39 is 4.92 Å². The summed E-state index contributed by atoms with van der Waals surface area (Å²) >= 11 is 0. The Morgan fingerprint density at radius 2 is 1.92 bits per heavy atom. The molecular weight excluding hydrogens is 332 g/mol. The molecule has 0 bridgehead atoms. The van der Waals surface area contributed by atoms with Crippen LogP contribution in [0.4, 0.5) is 5.69 Å². The van der Waals surface area contributed by atoms with E-state index in [0.717, 1.165) is 5.56 Å². The first kappa shape index (κ1) is 17.9. The van der Waals surface area contributed by atoms with Crippen LogP contribution in [0.5, 0.6) is 5.75 Å². The topological polar surface area (TPSA) is 72.7 Å². The number of nitro benzene ring substituents is 1. The van der Waals surface area contributed by atoms with E-state index in [1.54, 1.807) is 30.1 Å². The van der Waals surface area contributed by atoms with Gasteiger partial charge in [0.15, 0.2) is 0 Å². The van der Waals surface area contributed by atoms with Gasteiger partial charge in [-0.25, -0.2) is 0 Å². The van der Waals surface area contributed by atoms with E-state index in [2.05, 4.69) is 6.92 Å². The van der Waals surface area contributed by atoms with Crippen LogP contribution >= 0.6 is 0 Å². The highest BCUT2D eigenvalue weighted by Crippen LogP contribution is 2.41. The highest BCUT2D eigenvalue weighted by molar-refractivity contribution is 5.97. The molecule has 1 aliphatic rings. The molecule has 136 valence electrons. The number of fused-ring (bicyclic) bond motifs is 1. The van der Waals surface area contributed by atoms with E-state index in [4.69, 9.17) is 4.74 Å². The van der Waals surface area contributed by atoms with Crippen LogP contribution in [0.1, 0.15) is 54.2 Å². The molecule has 26 heavy (non-hydrogen) atoms. The molecule has 0 fully saturated rings. The highest BCUT2D eigenvalue weighted by Gasteiger charge is 2.32. The maximum Gasteiger partial charge on any atom is 0.269 e. The van der Waals surface area contributed by atoms with Crippen molar-refractivity contribution in [2.75, 3.05) is 7.05 Å². The molecule has 0 saturated heterocycles. The number of amides is 1. The van der Waals surface area contributed by atoms with Crippen molar-refractivity contribution in [1.29, 1.82) is 0 Å². The number of non-ortho nitro benzene ring substituents is 1. The lowest BCUT2D eigenvalue weighted by atomic mass is 9.96. The number of nitrogens with zero attached hydrogens (tertiary/aromatic N) is 2. The summed E-state index contributed by atoms with van der Waals surface area (Å²) in [6.07, 6.45) is 0.0263. The number of para-hydroxylation sites is 1. The zero-order valence-corrected chi connectivity index (χ0v) is 15.3. The summed E-state index contributed by atoms with van der Waals surface area (Å²) in [6, 6.07) is 11.7. The molecule has 6 nitrogen and oxygen atoms in total. The molecule has 3 rings (SSSR count). The summed E-state index contributed by atoms with van der Waals surface area (Å²) in [5.74, 6) is 0.718. The third kappa shape index (κ3) is 3.03. The monoisotopic (exact) mass is 354 g/mol. The molecule has 6 heteroatoms. The van der Waals surface area contributed by atoms with Crippen LogP contribution < -0.4 is 4.74 Å². The van der Waals surface area contributed by atoms with Crippen LogP contribution in [0.3, 0.4) is 0 Å². The largest absolute Gasteiger partial charge is 0.489 e. The molecule has 3 atom stereocenters. The minimum atomic E-state index is -0.432. The van der Waals surface area contributed by atoms with Crippen molar-refractivity contribution >= 4 is 11.6 Å². The van der Waals surface area contributed by atoms with Crippen LogP contribution in [-0.2, 0) is 0 Å². The second-order valence-corrected chi connectivity index (χ2v) is 6.78. The molecule has 0 aromatic heterocycles. The first-order valence-corrected chi connectivity index (χ1v) is 8.62. The van der Waals surface area contributed by atoms with E-state index in [9.17, 15) is 14.9 Å². The first-order valence-electron chi connectivity index (χ1n) is 8.62. The Morgan fingerprint density at radius 1 is 1.23 bits per heavy atom. The Morgan fingerprint density at radius 3 is 2.62 bits per heavy atom. The zero-order valence-electron chi connectivity index (χ0n) is 15.3. The third-order valence-electron chi connectivity index (χ3n) is 5.24.